The first-order valence-electron chi connectivity index (χ1n) is 7.96. The van der Waals surface area contributed by atoms with Crippen LogP contribution in [0.3, 0.4) is 0 Å². The Bertz CT molecular complexity index is 686. The van der Waals surface area contributed by atoms with Crippen molar-refractivity contribution in [3.63, 3.8) is 0 Å². The Morgan fingerprint density at radius 2 is 2.04 bits per heavy atom. The third kappa shape index (κ3) is 3.85. The molecule has 24 heavy (non-hydrogen) atoms. The molecule has 1 saturated heterocycles. The molecule has 9 heteroatoms. The zero-order valence-corrected chi connectivity index (χ0v) is 14.7. The lowest BCUT2D eigenvalue weighted by Gasteiger charge is -2.33. The molecule has 1 heterocycles. The monoisotopic (exact) mass is 357 g/mol. The molecule has 1 N–H and O–H groups in total. The second-order valence-electron chi connectivity index (χ2n) is 5.69. The van der Waals surface area contributed by atoms with E-state index < -0.39 is 14.9 Å². The first kappa shape index (κ1) is 18.6. The SMILES string of the molecule is CCCN(C1CCNCC1)S(=O)(=O)c1ccc([N+](=O)[O-])cc1OC. The van der Waals surface area contributed by atoms with Crippen molar-refractivity contribution in [2.24, 2.45) is 0 Å². The standard InChI is InChI=1S/C15H23N3O5S/c1-3-10-17(12-6-8-16-9-7-12)24(21,22)15-5-4-13(18(19)20)11-14(15)23-2/h4-5,11-12,16H,3,6-10H2,1-2H3. The van der Waals surface area contributed by atoms with Crippen molar-refractivity contribution >= 4 is 15.7 Å². The summed E-state index contributed by atoms with van der Waals surface area (Å²) in [5.74, 6) is -0.000706. The Morgan fingerprint density at radius 1 is 1.38 bits per heavy atom. The molecule has 0 radical (unpaired) electrons. The van der Waals surface area contributed by atoms with E-state index in [1.807, 2.05) is 6.92 Å². The van der Waals surface area contributed by atoms with Crippen LogP contribution in [0.5, 0.6) is 5.75 Å². The van der Waals surface area contributed by atoms with Gasteiger partial charge in [-0.05, 0) is 38.4 Å². The average Bonchev–Trinajstić information content (AvgIpc) is 2.59. The van der Waals surface area contributed by atoms with Crippen LogP contribution in [-0.4, -0.2) is 50.4 Å². The summed E-state index contributed by atoms with van der Waals surface area (Å²) in [6.07, 6.45) is 2.18. The Morgan fingerprint density at radius 3 is 2.58 bits per heavy atom. The highest BCUT2D eigenvalue weighted by Crippen LogP contribution is 2.32. The molecule has 1 aromatic rings. The van der Waals surface area contributed by atoms with Gasteiger partial charge in [0, 0.05) is 18.7 Å². The molecular weight excluding hydrogens is 334 g/mol. The number of hydrogen-bond acceptors (Lipinski definition) is 6. The second-order valence-corrected chi connectivity index (χ2v) is 7.55. The van der Waals surface area contributed by atoms with Gasteiger partial charge >= 0.3 is 0 Å². The van der Waals surface area contributed by atoms with Crippen LogP contribution in [0.1, 0.15) is 26.2 Å². The van der Waals surface area contributed by atoms with Crippen LogP contribution in [0.25, 0.3) is 0 Å². The van der Waals surface area contributed by atoms with Gasteiger partial charge in [0.1, 0.15) is 10.6 Å². The average molecular weight is 357 g/mol. The van der Waals surface area contributed by atoms with Crippen LogP contribution >= 0.6 is 0 Å². The molecule has 1 aliphatic rings. The van der Waals surface area contributed by atoms with Gasteiger partial charge in [0.2, 0.25) is 10.0 Å². The molecule has 1 fully saturated rings. The molecule has 0 amide bonds. The van der Waals surface area contributed by atoms with Gasteiger partial charge in [-0.1, -0.05) is 6.92 Å². The highest BCUT2D eigenvalue weighted by atomic mass is 32.2. The van der Waals surface area contributed by atoms with Crippen molar-refractivity contribution in [1.29, 1.82) is 0 Å². The fourth-order valence-corrected chi connectivity index (χ4v) is 4.84. The summed E-state index contributed by atoms with van der Waals surface area (Å²) in [6, 6.07) is 3.54. The Hall–Kier alpha value is -1.71. The van der Waals surface area contributed by atoms with Crippen molar-refractivity contribution in [2.75, 3.05) is 26.7 Å². The second kappa shape index (κ2) is 7.91. The van der Waals surface area contributed by atoms with Crippen molar-refractivity contribution in [3.8, 4) is 5.75 Å². The molecule has 134 valence electrons. The molecule has 0 unspecified atom stereocenters. The van der Waals surface area contributed by atoms with Crippen LogP contribution in [0.4, 0.5) is 5.69 Å². The third-order valence-corrected chi connectivity index (χ3v) is 6.10. The Kier molecular flexibility index (Phi) is 6.14. The number of nitrogens with zero attached hydrogens (tertiary/aromatic N) is 2. The van der Waals surface area contributed by atoms with Crippen LogP contribution in [-0.2, 0) is 10.0 Å². The van der Waals surface area contributed by atoms with E-state index in [2.05, 4.69) is 5.32 Å². The predicted octanol–water partition coefficient (Wildman–Crippen LogP) is 1.76. The summed E-state index contributed by atoms with van der Waals surface area (Å²) in [4.78, 5) is 10.3. The van der Waals surface area contributed by atoms with E-state index in [4.69, 9.17) is 4.74 Å². The quantitative estimate of drug-likeness (QED) is 0.589. The summed E-state index contributed by atoms with van der Waals surface area (Å²) < 4.78 is 32.9. The molecular formula is C15H23N3O5S. The number of ether oxygens (including phenoxy) is 1. The lowest BCUT2D eigenvalue weighted by Crippen LogP contribution is -2.46. The Labute approximate surface area is 142 Å². The topological polar surface area (TPSA) is 102 Å². The first-order valence-corrected chi connectivity index (χ1v) is 9.40. The summed E-state index contributed by atoms with van der Waals surface area (Å²) >= 11 is 0. The van der Waals surface area contributed by atoms with Gasteiger partial charge in [0.05, 0.1) is 18.1 Å². The lowest BCUT2D eigenvalue weighted by molar-refractivity contribution is -0.385. The summed E-state index contributed by atoms with van der Waals surface area (Å²) in [5.41, 5.74) is -0.199. The third-order valence-electron chi connectivity index (χ3n) is 4.10. The molecule has 0 spiro atoms. The van der Waals surface area contributed by atoms with Crippen LogP contribution < -0.4 is 10.1 Å². The number of piperidine rings is 1. The van der Waals surface area contributed by atoms with Gasteiger partial charge in [-0.15, -0.1) is 0 Å². The summed E-state index contributed by atoms with van der Waals surface area (Å²) in [5, 5.41) is 14.1. The molecule has 0 aromatic heterocycles. The molecule has 0 aliphatic carbocycles. The highest BCUT2D eigenvalue weighted by molar-refractivity contribution is 7.89. The van der Waals surface area contributed by atoms with Crippen LogP contribution in [0.2, 0.25) is 0 Å². The maximum absolute atomic E-state index is 13.1. The predicted molar refractivity (Wildman–Crippen MR) is 89.7 cm³/mol. The smallest absolute Gasteiger partial charge is 0.273 e. The summed E-state index contributed by atoms with van der Waals surface area (Å²) in [7, 11) is -2.48. The maximum atomic E-state index is 13.1. The van der Waals surface area contributed by atoms with Crippen molar-refractivity contribution < 1.29 is 18.1 Å². The minimum absolute atomic E-state index is 0.000706. The molecule has 2 rings (SSSR count). The van der Waals surface area contributed by atoms with E-state index in [9.17, 15) is 18.5 Å². The zero-order valence-electron chi connectivity index (χ0n) is 13.9. The summed E-state index contributed by atoms with van der Waals surface area (Å²) in [6.45, 7) is 3.89. The van der Waals surface area contributed by atoms with Gasteiger partial charge in [-0.3, -0.25) is 10.1 Å². The minimum atomic E-state index is -3.79. The number of nitro groups is 1. The zero-order chi connectivity index (χ0) is 17.7. The van der Waals surface area contributed by atoms with Crippen molar-refractivity contribution in [1.82, 2.24) is 9.62 Å². The number of benzene rings is 1. The van der Waals surface area contributed by atoms with E-state index in [-0.39, 0.29) is 22.4 Å². The van der Waals surface area contributed by atoms with Gasteiger partial charge < -0.3 is 10.1 Å². The van der Waals surface area contributed by atoms with E-state index in [1.54, 1.807) is 0 Å². The number of nitrogens with one attached hydrogen (secondary N) is 1. The van der Waals surface area contributed by atoms with Gasteiger partial charge in [0.25, 0.3) is 5.69 Å². The normalized spacial score (nSPS) is 16.3. The number of rotatable bonds is 7. The highest BCUT2D eigenvalue weighted by Gasteiger charge is 2.34. The van der Waals surface area contributed by atoms with Crippen molar-refractivity contribution in [3.05, 3.63) is 28.3 Å². The van der Waals surface area contributed by atoms with Crippen LogP contribution in [0.15, 0.2) is 23.1 Å². The Balaban J connectivity index is 2.44. The molecule has 0 saturated carbocycles. The molecule has 1 aromatic carbocycles. The van der Waals surface area contributed by atoms with Crippen LogP contribution in [0, 0.1) is 10.1 Å². The van der Waals surface area contributed by atoms with Gasteiger partial charge in [-0.2, -0.15) is 4.31 Å². The van der Waals surface area contributed by atoms with Gasteiger partial charge in [0.15, 0.2) is 0 Å². The largest absolute Gasteiger partial charge is 0.495 e. The number of methoxy groups -OCH3 is 1. The fraction of sp³-hybridized carbons (Fsp3) is 0.600. The molecule has 0 bridgehead atoms. The van der Waals surface area contributed by atoms with Crippen molar-refractivity contribution in [2.45, 2.75) is 37.1 Å². The molecule has 0 atom stereocenters. The lowest BCUT2D eigenvalue weighted by atomic mass is 10.1. The number of hydrogen-bond donors (Lipinski definition) is 1. The minimum Gasteiger partial charge on any atom is -0.495 e. The van der Waals surface area contributed by atoms with E-state index in [0.717, 1.165) is 32.0 Å². The van der Waals surface area contributed by atoms with E-state index >= 15 is 0 Å². The van der Waals surface area contributed by atoms with Gasteiger partial charge in [-0.25, -0.2) is 8.42 Å². The first-order chi connectivity index (χ1) is 11.4. The van der Waals surface area contributed by atoms with E-state index in [1.165, 1.54) is 23.5 Å². The number of nitro benzene ring substituents is 1. The fourth-order valence-electron chi connectivity index (χ4n) is 2.92. The molecule has 1 aliphatic heterocycles. The number of sulfonamides is 1. The molecule has 8 nitrogen and oxygen atoms in total. The maximum Gasteiger partial charge on any atom is 0.273 e. The van der Waals surface area contributed by atoms with E-state index in [0.29, 0.717) is 13.0 Å². The number of non-ortho nitro benzene ring substituents is 1.